The van der Waals surface area contributed by atoms with Crippen molar-refractivity contribution in [2.45, 2.75) is 10.8 Å². The lowest BCUT2D eigenvalue weighted by molar-refractivity contribution is -0.115. The van der Waals surface area contributed by atoms with Crippen LogP contribution in [0.1, 0.15) is 27.4 Å². The fourth-order valence-electron chi connectivity index (χ4n) is 4.91. The Balaban J connectivity index is 1.54. The molecule has 1 aliphatic heterocycles. The van der Waals surface area contributed by atoms with Crippen LogP contribution in [0.5, 0.6) is 0 Å². The molecule has 10 heteroatoms. The van der Waals surface area contributed by atoms with Gasteiger partial charge >= 0.3 is 5.97 Å². The van der Waals surface area contributed by atoms with E-state index in [0.717, 1.165) is 5.56 Å². The molecule has 0 saturated carbocycles. The Labute approximate surface area is 251 Å². The fourth-order valence-corrected chi connectivity index (χ4v) is 6.39. The van der Waals surface area contributed by atoms with Crippen LogP contribution in [0.3, 0.4) is 0 Å². The second kappa shape index (κ2) is 12.6. The predicted molar refractivity (Wildman–Crippen MR) is 168 cm³/mol. The number of sulfonamides is 1. The van der Waals surface area contributed by atoms with Gasteiger partial charge in [0.25, 0.3) is 10.0 Å². The van der Waals surface area contributed by atoms with Crippen molar-refractivity contribution in [3.8, 4) is 0 Å². The third-order valence-electron chi connectivity index (χ3n) is 7.12. The molecule has 1 unspecified atom stereocenters. The Kier molecular flexibility index (Phi) is 8.70. The fraction of sp³-hybridized carbons (Fsp3) is 0.182. The van der Waals surface area contributed by atoms with Crippen molar-refractivity contribution in [2.75, 3.05) is 43.9 Å². The number of ether oxygens (including phenoxy) is 1. The summed E-state index contributed by atoms with van der Waals surface area (Å²) in [6.07, 6.45) is 0. The molecule has 9 nitrogen and oxygen atoms in total. The summed E-state index contributed by atoms with van der Waals surface area (Å²) in [5, 5.41) is 2.88. The molecule has 220 valence electrons. The van der Waals surface area contributed by atoms with E-state index in [1.54, 1.807) is 72.8 Å². The van der Waals surface area contributed by atoms with Crippen molar-refractivity contribution in [1.29, 1.82) is 0 Å². The number of amides is 1. The first-order valence-corrected chi connectivity index (χ1v) is 15.1. The molecule has 43 heavy (non-hydrogen) atoms. The van der Waals surface area contributed by atoms with Crippen LogP contribution < -0.4 is 9.62 Å². The lowest BCUT2D eigenvalue weighted by atomic mass is 9.90. The van der Waals surface area contributed by atoms with Crippen LogP contribution in [0.4, 0.5) is 17.1 Å². The van der Waals surface area contributed by atoms with E-state index in [9.17, 15) is 18.0 Å². The van der Waals surface area contributed by atoms with Gasteiger partial charge in [0.15, 0.2) is 0 Å². The average molecular weight is 597 g/mol. The Morgan fingerprint density at radius 2 is 1.51 bits per heavy atom. The van der Waals surface area contributed by atoms with Crippen molar-refractivity contribution < 1.29 is 22.7 Å². The van der Waals surface area contributed by atoms with Gasteiger partial charge in [0, 0.05) is 18.8 Å². The van der Waals surface area contributed by atoms with Gasteiger partial charge in [-0.15, -0.1) is 0 Å². The van der Waals surface area contributed by atoms with E-state index in [1.807, 2.05) is 49.3 Å². The van der Waals surface area contributed by atoms with Crippen LogP contribution in [-0.2, 0) is 19.6 Å². The van der Waals surface area contributed by atoms with Gasteiger partial charge in [-0.2, -0.15) is 0 Å². The first-order valence-electron chi connectivity index (χ1n) is 13.7. The number of hydrogen-bond donors (Lipinski definition) is 1. The first kappa shape index (κ1) is 29.7. The molecule has 4 aromatic carbocycles. The third-order valence-corrected chi connectivity index (χ3v) is 8.96. The molecule has 0 fully saturated rings. The Hall–Kier alpha value is -4.80. The number of methoxy groups -OCH3 is 1. The molecule has 0 radical (unpaired) electrons. The summed E-state index contributed by atoms with van der Waals surface area (Å²) in [6, 6.07) is 29.7. The van der Waals surface area contributed by atoms with Gasteiger partial charge in [-0.3, -0.25) is 14.1 Å². The average Bonchev–Trinajstić information content (AvgIpc) is 3.35. The van der Waals surface area contributed by atoms with Crippen LogP contribution in [0.15, 0.2) is 113 Å². The van der Waals surface area contributed by atoms with Crippen LogP contribution in [0.2, 0.25) is 0 Å². The monoisotopic (exact) mass is 596 g/mol. The number of carbonyl (C=O) groups is 2. The highest BCUT2D eigenvalue weighted by atomic mass is 32.2. The highest BCUT2D eigenvalue weighted by molar-refractivity contribution is 7.92. The van der Waals surface area contributed by atoms with Gasteiger partial charge in [0.2, 0.25) is 5.91 Å². The van der Waals surface area contributed by atoms with Gasteiger partial charge in [0.05, 0.1) is 34.7 Å². The number of benzene rings is 4. The van der Waals surface area contributed by atoms with E-state index in [0.29, 0.717) is 40.4 Å². The van der Waals surface area contributed by atoms with Gasteiger partial charge in [-0.05, 0) is 73.8 Å². The van der Waals surface area contributed by atoms with E-state index in [1.165, 1.54) is 11.4 Å². The summed E-state index contributed by atoms with van der Waals surface area (Å²) < 4.78 is 33.4. The zero-order valence-electron chi connectivity index (χ0n) is 24.1. The van der Waals surface area contributed by atoms with Gasteiger partial charge in [-0.25, -0.2) is 13.2 Å². The molecule has 1 N–H and O–H groups in total. The Bertz CT molecular complexity index is 1760. The standard InChI is InChI=1S/C33H32N4O5S/c1-36(2)20-21-37(43(40,41)27-12-8-5-9-13-27)26-17-15-25(16-18-26)34-31(23-10-6-4-7-11-23)30-28-19-14-24(33(39)42-3)22-29(28)35-32(30)38/h4-19,22,30H,20-21H2,1-3H3,(H,35,38). The maximum Gasteiger partial charge on any atom is 0.337 e. The minimum absolute atomic E-state index is 0.212. The second-order valence-corrected chi connectivity index (χ2v) is 12.2. The topological polar surface area (TPSA) is 108 Å². The molecule has 0 bridgehead atoms. The highest BCUT2D eigenvalue weighted by Gasteiger charge is 2.36. The largest absolute Gasteiger partial charge is 0.465 e. The maximum atomic E-state index is 13.6. The minimum Gasteiger partial charge on any atom is -0.465 e. The zero-order valence-corrected chi connectivity index (χ0v) is 24.9. The number of nitrogens with one attached hydrogen (secondary N) is 1. The minimum atomic E-state index is -3.81. The lowest BCUT2D eigenvalue weighted by Crippen LogP contribution is -2.36. The quantitative estimate of drug-likeness (QED) is 0.202. The Morgan fingerprint density at radius 1 is 0.860 bits per heavy atom. The summed E-state index contributed by atoms with van der Waals surface area (Å²) in [6.45, 7) is 0.784. The number of aliphatic imine (C=N–C) groups is 1. The molecule has 1 heterocycles. The van der Waals surface area contributed by atoms with Gasteiger partial charge < -0.3 is 15.0 Å². The molecule has 1 amide bonds. The van der Waals surface area contributed by atoms with E-state index < -0.39 is 21.9 Å². The highest BCUT2D eigenvalue weighted by Crippen LogP contribution is 2.37. The first-order chi connectivity index (χ1) is 20.7. The van der Waals surface area contributed by atoms with Crippen molar-refractivity contribution in [1.82, 2.24) is 4.90 Å². The molecule has 0 aromatic heterocycles. The van der Waals surface area contributed by atoms with Gasteiger partial charge in [0.1, 0.15) is 5.92 Å². The maximum absolute atomic E-state index is 13.6. The summed E-state index contributed by atoms with van der Waals surface area (Å²) in [4.78, 5) is 32.4. The predicted octanol–water partition coefficient (Wildman–Crippen LogP) is 5.09. The lowest BCUT2D eigenvalue weighted by Gasteiger charge is -2.26. The number of anilines is 2. The van der Waals surface area contributed by atoms with Crippen molar-refractivity contribution in [2.24, 2.45) is 4.99 Å². The summed E-state index contributed by atoms with van der Waals surface area (Å²) >= 11 is 0. The zero-order chi connectivity index (χ0) is 30.6. The Morgan fingerprint density at radius 3 is 2.14 bits per heavy atom. The molecule has 5 rings (SSSR count). The van der Waals surface area contributed by atoms with Crippen molar-refractivity contribution >= 4 is 44.7 Å². The molecular weight excluding hydrogens is 564 g/mol. The molecule has 1 atom stereocenters. The normalized spacial score (nSPS) is 14.7. The molecular formula is C33H32N4O5S. The number of nitrogens with zero attached hydrogens (tertiary/aromatic N) is 3. The number of fused-ring (bicyclic) bond motifs is 1. The van der Waals surface area contributed by atoms with Crippen LogP contribution in [-0.4, -0.2) is 65.2 Å². The smallest absolute Gasteiger partial charge is 0.337 e. The van der Waals surface area contributed by atoms with E-state index in [4.69, 9.17) is 9.73 Å². The van der Waals surface area contributed by atoms with Crippen LogP contribution in [0, 0.1) is 0 Å². The summed E-state index contributed by atoms with van der Waals surface area (Å²) in [7, 11) is 1.28. The summed E-state index contributed by atoms with van der Waals surface area (Å²) in [5.41, 5.74) is 3.90. The molecule has 0 spiro atoms. The third kappa shape index (κ3) is 6.35. The molecule has 0 aliphatic carbocycles. The molecule has 1 aliphatic rings. The van der Waals surface area contributed by atoms with E-state index in [-0.39, 0.29) is 17.3 Å². The number of esters is 1. The summed E-state index contributed by atoms with van der Waals surface area (Å²) in [5.74, 6) is -1.48. The van der Waals surface area contributed by atoms with Gasteiger partial charge in [-0.1, -0.05) is 54.6 Å². The number of carbonyl (C=O) groups excluding carboxylic acids is 2. The molecule has 4 aromatic rings. The SMILES string of the molecule is COC(=O)c1ccc2c(c1)NC(=O)C2C(=Nc1ccc(N(CCN(C)C)S(=O)(=O)c2ccccc2)cc1)c1ccccc1. The van der Waals surface area contributed by atoms with Crippen LogP contribution in [0.25, 0.3) is 0 Å². The second-order valence-electron chi connectivity index (χ2n) is 10.3. The van der Waals surface area contributed by atoms with E-state index in [2.05, 4.69) is 5.32 Å². The number of hydrogen-bond acceptors (Lipinski definition) is 7. The number of likely N-dealkylation sites (N-methyl/N-ethyl adjacent to an activating group) is 1. The van der Waals surface area contributed by atoms with Crippen molar-refractivity contribution in [3.05, 3.63) is 120 Å². The van der Waals surface area contributed by atoms with Crippen molar-refractivity contribution in [3.63, 3.8) is 0 Å². The van der Waals surface area contributed by atoms with E-state index >= 15 is 0 Å². The van der Waals surface area contributed by atoms with Crippen LogP contribution >= 0.6 is 0 Å². The molecule has 0 saturated heterocycles. The number of rotatable bonds is 10.